The molecule has 0 saturated heterocycles. The summed E-state index contributed by atoms with van der Waals surface area (Å²) < 4.78 is 0. The van der Waals surface area contributed by atoms with Gasteiger partial charge >= 0.3 is 0 Å². The standard InChI is InChI=1S/C7H12N2O/c1-5(10)3-7-4-8-9-6(7)2/h4-5,10H,3H2,1-2H3,(H,8,9). The van der Waals surface area contributed by atoms with Crippen molar-refractivity contribution in [3.8, 4) is 0 Å². The Hall–Kier alpha value is -0.830. The van der Waals surface area contributed by atoms with Crippen molar-refractivity contribution in [2.45, 2.75) is 26.4 Å². The highest BCUT2D eigenvalue weighted by molar-refractivity contribution is 5.14. The van der Waals surface area contributed by atoms with Gasteiger partial charge in [-0.3, -0.25) is 5.10 Å². The van der Waals surface area contributed by atoms with Gasteiger partial charge in [-0.15, -0.1) is 0 Å². The number of aryl methyl sites for hydroxylation is 1. The van der Waals surface area contributed by atoms with E-state index in [1.807, 2.05) is 6.92 Å². The van der Waals surface area contributed by atoms with Crippen LogP contribution in [0.4, 0.5) is 0 Å². The Labute approximate surface area is 60.1 Å². The molecule has 0 spiro atoms. The highest BCUT2D eigenvalue weighted by atomic mass is 16.3. The molecular formula is C7H12N2O. The van der Waals surface area contributed by atoms with E-state index in [9.17, 15) is 0 Å². The lowest BCUT2D eigenvalue weighted by Crippen LogP contribution is -2.04. The monoisotopic (exact) mass is 140 g/mol. The molecule has 0 aromatic carbocycles. The lowest BCUT2D eigenvalue weighted by atomic mass is 10.1. The van der Waals surface area contributed by atoms with E-state index in [0.29, 0.717) is 6.42 Å². The quantitative estimate of drug-likeness (QED) is 0.633. The van der Waals surface area contributed by atoms with Crippen LogP contribution >= 0.6 is 0 Å². The minimum Gasteiger partial charge on any atom is -0.393 e. The van der Waals surface area contributed by atoms with Gasteiger partial charge in [0.15, 0.2) is 0 Å². The predicted octanol–water partition coefficient (Wildman–Crippen LogP) is 0.641. The number of H-pyrrole nitrogens is 1. The molecule has 2 N–H and O–H groups in total. The highest BCUT2D eigenvalue weighted by Gasteiger charge is 2.02. The normalized spacial score (nSPS) is 13.5. The van der Waals surface area contributed by atoms with Crippen LogP contribution in [0.15, 0.2) is 6.20 Å². The smallest absolute Gasteiger partial charge is 0.0553 e. The number of rotatable bonds is 2. The van der Waals surface area contributed by atoms with Crippen molar-refractivity contribution in [3.05, 3.63) is 17.5 Å². The van der Waals surface area contributed by atoms with Gasteiger partial charge in [-0.05, 0) is 19.4 Å². The molecule has 1 aromatic rings. The van der Waals surface area contributed by atoms with E-state index in [0.717, 1.165) is 11.3 Å². The van der Waals surface area contributed by atoms with Crippen LogP contribution in [0.5, 0.6) is 0 Å². The second-order valence-electron chi connectivity index (χ2n) is 2.57. The van der Waals surface area contributed by atoms with Crippen LogP contribution < -0.4 is 0 Å². The van der Waals surface area contributed by atoms with Crippen LogP contribution in [0, 0.1) is 6.92 Å². The predicted molar refractivity (Wildman–Crippen MR) is 38.7 cm³/mol. The van der Waals surface area contributed by atoms with E-state index in [1.54, 1.807) is 13.1 Å². The van der Waals surface area contributed by atoms with Crippen molar-refractivity contribution in [1.82, 2.24) is 10.2 Å². The van der Waals surface area contributed by atoms with Gasteiger partial charge in [0.05, 0.1) is 12.3 Å². The van der Waals surface area contributed by atoms with E-state index in [1.165, 1.54) is 0 Å². The molecule has 56 valence electrons. The molecule has 1 aromatic heterocycles. The summed E-state index contributed by atoms with van der Waals surface area (Å²) in [5.41, 5.74) is 2.14. The minimum atomic E-state index is -0.281. The number of aromatic amines is 1. The first-order valence-electron chi connectivity index (χ1n) is 3.37. The summed E-state index contributed by atoms with van der Waals surface area (Å²) in [6.45, 7) is 3.72. The third-order valence-corrected chi connectivity index (χ3v) is 1.45. The van der Waals surface area contributed by atoms with Crippen molar-refractivity contribution in [1.29, 1.82) is 0 Å². The Balaban J connectivity index is 2.65. The van der Waals surface area contributed by atoms with Crippen LogP contribution in [0.3, 0.4) is 0 Å². The second-order valence-corrected chi connectivity index (χ2v) is 2.57. The van der Waals surface area contributed by atoms with Gasteiger partial charge in [0.1, 0.15) is 0 Å². The molecule has 0 aliphatic carbocycles. The summed E-state index contributed by atoms with van der Waals surface area (Å²) in [6.07, 6.45) is 2.15. The number of hydrogen-bond acceptors (Lipinski definition) is 2. The number of nitrogens with zero attached hydrogens (tertiary/aromatic N) is 1. The molecule has 0 fully saturated rings. The van der Waals surface area contributed by atoms with Gasteiger partial charge in [0.2, 0.25) is 0 Å². The molecule has 0 saturated carbocycles. The fourth-order valence-electron chi connectivity index (χ4n) is 0.900. The zero-order valence-electron chi connectivity index (χ0n) is 6.26. The number of aliphatic hydroxyl groups is 1. The second kappa shape index (κ2) is 2.84. The molecule has 3 nitrogen and oxygen atoms in total. The molecular weight excluding hydrogens is 128 g/mol. The van der Waals surface area contributed by atoms with E-state index < -0.39 is 0 Å². The number of aliphatic hydroxyl groups excluding tert-OH is 1. The van der Waals surface area contributed by atoms with Crippen LogP contribution in [0.1, 0.15) is 18.2 Å². The lowest BCUT2D eigenvalue weighted by Gasteiger charge is -2.00. The van der Waals surface area contributed by atoms with Gasteiger partial charge in [-0.1, -0.05) is 0 Å². The Morgan fingerprint density at radius 3 is 2.90 bits per heavy atom. The summed E-state index contributed by atoms with van der Waals surface area (Å²) in [4.78, 5) is 0. The zero-order valence-corrected chi connectivity index (χ0v) is 6.26. The van der Waals surface area contributed by atoms with Gasteiger partial charge in [-0.2, -0.15) is 5.10 Å². The van der Waals surface area contributed by atoms with Crippen molar-refractivity contribution in [2.24, 2.45) is 0 Å². The van der Waals surface area contributed by atoms with Crippen molar-refractivity contribution in [2.75, 3.05) is 0 Å². The van der Waals surface area contributed by atoms with Crippen molar-refractivity contribution in [3.63, 3.8) is 0 Å². The molecule has 1 atom stereocenters. The van der Waals surface area contributed by atoms with Crippen LogP contribution in [0.25, 0.3) is 0 Å². The molecule has 0 bridgehead atoms. The van der Waals surface area contributed by atoms with Crippen molar-refractivity contribution >= 4 is 0 Å². The Bertz CT molecular complexity index is 205. The molecule has 1 unspecified atom stereocenters. The number of aromatic nitrogens is 2. The molecule has 0 aliphatic rings. The molecule has 0 radical (unpaired) electrons. The zero-order chi connectivity index (χ0) is 7.56. The first-order valence-corrected chi connectivity index (χ1v) is 3.37. The SMILES string of the molecule is Cc1[nH]ncc1CC(C)O. The fourth-order valence-corrected chi connectivity index (χ4v) is 0.900. The molecule has 3 heteroatoms. The first-order chi connectivity index (χ1) is 4.70. The molecule has 10 heavy (non-hydrogen) atoms. The number of nitrogens with one attached hydrogen (secondary N) is 1. The van der Waals surface area contributed by atoms with E-state index >= 15 is 0 Å². The molecule has 1 heterocycles. The fraction of sp³-hybridized carbons (Fsp3) is 0.571. The van der Waals surface area contributed by atoms with E-state index in [4.69, 9.17) is 5.11 Å². The lowest BCUT2D eigenvalue weighted by molar-refractivity contribution is 0.195. The Morgan fingerprint density at radius 1 is 1.80 bits per heavy atom. The van der Waals surface area contributed by atoms with Gasteiger partial charge < -0.3 is 5.11 Å². The topological polar surface area (TPSA) is 48.9 Å². The summed E-state index contributed by atoms with van der Waals surface area (Å²) in [5.74, 6) is 0. The third kappa shape index (κ3) is 1.57. The van der Waals surface area contributed by atoms with E-state index in [2.05, 4.69) is 10.2 Å². The summed E-state index contributed by atoms with van der Waals surface area (Å²) in [7, 11) is 0. The maximum Gasteiger partial charge on any atom is 0.0553 e. The largest absolute Gasteiger partial charge is 0.393 e. The summed E-state index contributed by atoms with van der Waals surface area (Å²) in [6, 6.07) is 0. The summed E-state index contributed by atoms with van der Waals surface area (Å²) in [5, 5.41) is 15.7. The highest BCUT2D eigenvalue weighted by Crippen LogP contribution is 2.05. The molecule has 0 amide bonds. The van der Waals surface area contributed by atoms with Gasteiger partial charge in [-0.25, -0.2) is 0 Å². The van der Waals surface area contributed by atoms with Gasteiger partial charge in [0, 0.05) is 12.1 Å². The van der Waals surface area contributed by atoms with Gasteiger partial charge in [0.25, 0.3) is 0 Å². The van der Waals surface area contributed by atoms with Crippen LogP contribution in [0.2, 0.25) is 0 Å². The average molecular weight is 140 g/mol. The third-order valence-electron chi connectivity index (χ3n) is 1.45. The van der Waals surface area contributed by atoms with Crippen molar-refractivity contribution < 1.29 is 5.11 Å². The van der Waals surface area contributed by atoms with Crippen LogP contribution in [-0.4, -0.2) is 21.4 Å². The summed E-state index contributed by atoms with van der Waals surface area (Å²) >= 11 is 0. The average Bonchev–Trinajstić information content (AvgIpc) is 2.15. The number of hydrogen-bond donors (Lipinski definition) is 2. The molecule has 0 aliphatic heterocycles. The Morgan fingerprint density at radius 2 is 2.50 bits per heavy atom. The van der Waals surface area contributed by atoms with E-state index in [-0.39, 0.29) is 6.10 Å². The minimum absolute atomic E-state index is 0.281. The first kappa shape index (κ1) is 7.28. The Kier molecular flexibility index (Phi) is 2.06. The molecule has 1 rings (SSSR count). The maximum atomic E-state index is 9.01. The maximum absolute atomic E-state index is 9.01. The van der Waals surface area contributed by atoms with Crippen LogP contribution in [-0.2, 0) is 6.42 Å².